The van der Waals surface area contributed by atoms with Crippen LogP contribution in [0.4, 0.5) is 4.39 Å². The standard InChI is InChI=1S/C27H32FN5/c1-21(22-4-6-24(28)7-5-22)19-32-15-13-31(14-16-32)11-2-3-23-18-30-27-9-8-25(17-26(23)27)33-12-10-29-20-33/h4-10,12,17-18,20-21,30H,2-3,11,13-16,19H2,1H3. The van der Waals surface area contributed by atoms with E-state index in [1.54, 1.807) is 12.1 Å². The SMILES string of the molecule is CC(CN1CCN(CCCc2c[nH]c3ccc(-n4ccnc4)cc23)CC1)c1ccc(F)cc1. The number of imidazole rings is 1. The highest BCUT2D eigenvalue weighted by molar-refractivity contribution is 5.85. The van der Waals surface area contributed by atoms with Crippen LogP contribution in [0, 0.1) is 5.82 Å². The van der Waals surface area contributed by atoms with Crippen molar-refractivity contribution in [2.45, 2.75) is 25.7 Å². The number of nitrogens with one attached hydrogen (secondary N) is 1. The van der Waals surface area contributed by atoms with Crippen LogP contribution in [0.1, 0.15) is 30.4 Å². The Morgan fingerprint density at radius 2 is 1.82 bits per heavy atom. The van der Waals surface area contributed by atoms with Gasteiger partial charge in [0.25, 0.3) is 0 Å². The molecule has 0 bridgehead atoms. The van der Waals surface area contributed by atoms with Crippen LogP contribution in [0.15, 0.2) is 67.4 Å². The summed E-state index contributed by atoms with van der Waals surface area (Å²) in [5, 5.41) is 1.31. The molecule has 0 spiro atoms. The quantitative estimate of drug-likeness (QED) is 0.422. The molecule has 4 aromatic rings. The Morgan fingerprint density at radius 1 is 1.03 bits per heavy atom. The van der Waals surface area contributed by atoms with E-state index in [2.05, 4.69) is 51.1 Å². The summed E-state index contributed by atoms with van der Waals surface area (Å²) in [5.74, 6) is 0.261. The van der Waals surface area contributed by atoms with Crippen molar-refractivity contribution in [1.29, 1.82) is 0 Å². The van der Waals surface area contributed by atoms with Crippen LogP contribution in [0.3, 0.4) is 0 Å². The Morgan fingerprint density at radius 3 is 2.58 bits per heavy atom. The maximum absolute atomic E-state index is 13.2. The van der Waals surface area contributed by atoms with Gasteiger partial charge in [0, 0.05) is 67.9 Å². The minimum atomic E-state index is -0.161. The first-order valence-corrected chi connectivity index (χ1v) is 11.9. The predicted octanol–water partition coefficient (Wildman–Crippen LogP) is 4.85. The molecule has 0 amide bonds. The number of piperazine rings is 1. The maximum Gasteiger partial charge on any atom is 0.123 e. The van der Waals surface area contributed by atoms with E-state index in [1.807, 2.05) is 35.4 Å². The van der Waals surface area contributed by atoms with Gasteiger partial charge in [0.2, 0.25) is 0 Å². The molecule has 2 aromatic heterocycles. The summed E-state index contributed by atoms with van der Waals surface area (Å²) in [5.41, 5.74) is 4.94. The minimum Gasteiger partial charge on any atom is -0.361 e. The van der Waals surface area contributed by atoms with Gasteiger partial charge in [-0.25, -0.2) is 9.37 Å². The summed E-state index contributed by atoms with van der Waals surface area (Å²) >= 11 is 0. The Hall–Kier alpha value is -2.96. The first-order valence-electron chi connectivity index (χ1n) is 11.9. The number of aromatic amines is 1. The lowest BCUT2D eigenvalue weighted by Gasteiger charge is -2.36. The highest BCUT2D eigenvalue weighted by Gasteiger charge is 2.19. The van der Waals surface area contributed by atoms with E-state index >= 15 is 0 Å². The van der Waals surface area contributed by atoms with E-state index < -0.39 is 0 Å². The summed E-state index contributed by atoms with van der Waals surface area (Å²) < 4.78 is 15.2. The van der Waals surface area contributed by atoms with Crippen LogP contribution in [-0.2, 0) is 6.42 Å². The highest BCUT2D eigenvalue weighted by Crippen LogP contribution is 2.23. The number of H-pyrrole nitrogens is 1. The van der Waals surface area contributed by atoms with Crippen molar-refractivity contribution in [3.05, 3.63) is 84.3 Å². The molecule has 1 aliphatic rings. The van der Waals surface area contributed by atoms with Gasteiger partial charge >= 0.3 is 0 Å². The lowest BCUT2D eigenvalue weighted by molar-refractivity contribution is 0.127. The zero-order valence-electron chi connectivity index (χ0n) is 19.3. The third kappa shape index (κ3) is 5.18. The van der Waals surface area contributed by atoms with Gasteiger partial charge in [-0.3, -0.25) is 0 Å². The van der Waals surface area contributed by atoms with Gasteiger partial charge in [0.15, 0.2) is 0 Å². The second-order valence-electron chi connectivity index (χ2n) is 9.21. The van der Waals surface area contributed by atoms with Gasteiger partial charge < -0.3 is 19.4 Å². The van der Waals surface area contributed by atoms with Crippen molar-refractivity contribution in [2.24, 2.45) is 0 Å². The van der Waals surface area contributed by atoms with E-state index in [0.717, 1.165) is 57.8 Å². The van der Waals surface area contributed by atoms with Gasteiger partial charge in [0.1, 0.15) is 5.82 Å². The fraction of sp³-hybridized carbons (Fsp3) is 0.370. The molecule has 33 heavy (non-hydrogen) atoms. The average Bonchev–Trinajstić information content (AvgIpc) is 3.51. The summed E-state index contributed by atoms with van der Waals surface area (Å²) in [6, 6.07) is 13.5. The van der Waals surface area contributed by atoms with Gasteiger partial charge in [-0.05, 0) is 66.8 Å². The number of hydrogen-bond donors (Lipinski definition) is 1. The molecule has 1 saturated heterocycles. The topological polar surface area (TPSA) is 40.1 Å². The zero-order valence-corrected chi connectivity index (χ0v) is 19.3. The third-order valence-electron chi connectivity index (χ3n) is 6.91. The molecule has 3 heterocycles. The van der Waals surface area contributed by atoms with E-state index in [9.17, 15) is 4.39 Å². The van der Waals surface area contributed by atoms with Crippen LogP contribution >= 0.6 is 0 Å². The molecule has 0 saturated carbocycles. The lowest BCUT2D eigenvalue weighted by atomic mass is 10.0. The molecule has 6 heteroatoms. The molecule has 5 nitrogen and oxygen atoms in total. The molecule has 0 radical (unpaired) electrons. The second kappa shape index (κ2) is 9.89. The molecule has 172 valence electrons. The maximum atomic E-state index is 13.2. The van der Waals surface area contributed by atoms with Crippen molar-refractivity contribution in [3.63, 3.8) is 0 Å². The number of aromatic nitrogens is 3. The largest absolute Gasteiger partial charge is 0.361 e. The molecule has 1 atom stereocenters. The van der Waals surface area contributed by atoms with Crippen molar-refractivity contribution in [2.75, 3.05) is 39.3 Å². The van der Waals surface area contributed by atoms with Gasteiger partial charge in [-0.2, -0.15) is 0 Å². The van der Waals surface area contributed by atoms with Crippen molar-refractivity contribution >= 4 is 10.9 Å². The smallest absolute Gasteiger partial charge is 0.123 e. The predicted molar refractivity (Wildman–Crippen MR) is 131 cm³/mol. The van der Waals surface area contributed by atoms with Gasteiger partial charge in [-0.15, -0.1) is 0 Å². The number of nitrogens with zero attached hydrogens (tertiary/aromatic N) is 4. The zero-order chi connectivity index (χ0) is 22.6. The second-order valence-corrected chi connectivity index (χ2v) is 9.21. The third-order valence-corrected chi connectivity index (χ3v) is 6.91. The number of aryl methyl sites for hydroxylation is 1. The fourth-order valence-electron chi connectivity index (χ4n) is 4.92. The van der Waals surface area contributed by atoms with Gasteiger partial charge in [-0.1, -0.05) is 19.1 Å². The van der Waals surface area contributed by atoms with E-state index in [0.29, 0.717) is 5.92 Å². The Kier molecular flexibility index (Phi) is 6.55. The first-order chi connectivity index (χ1) is 16.2. The summed E-state index contributed by atoms with van der Waals surface area (Å²) in [6.45, 7) is 8.85. The number of halogens is 1. The molecular formula is C27H32FN5. The summed E-state index contributed by atoms with van der Waals surface area (Å²) in [7, 11) is 0. The van der Waals surface area contributed by atoms with E-state index in [4.69, 9.17) is 0 Å². The van der Waals surface area contributed by atoms with Crippen LogP contribution in [0.25, 0.3) is 16.6 Å². The Balaban J connectivity index is 1.10. The summed E-state index contributed by atoms with van der Waals surface area (Å²) in [4.78, 5) is 12.7. The van der Waals surface area contributed by atoms with Crippen molar-refractivity contribution < 1.29 is 4.39 Å². The molecule has 0 aliphatic carbocycles. The fourth-order valence-corrected chi connectivity index (χ4v) is 4.92. The van der Waals surface area contributed by atoms with Gasteiger partial charge in [0.05, 0.1) is 6.33 Å². The molecule has 1 unspecified atom stereocenters. The number of rotatable bonds is 8. The highest BCUT2D eigenvalue weighted by atomic mass is 19.1. The summed E-state index contributed by atoms with van der Waals surface area (Å²) in [6.07, 6.45) is 10.0. The van der Waals surface area contributed by atoms with Crippen molar-refractivity contribution in [1.82, 2.24) is 24.3 Å². The number of fused-ring (bicyclic) bond motifs is 1. The molecule has 1 fully saturated rings. The average molecular weight is 446 g/mol. The molecule has 1 N–H and O–H groups in total. The number of hydrogen-bond acceptors (Lipinski definition) is 3. The molecular weight excluding hydrogens is 413 g/mol. The Bertz CT molecular complexity index is 1160. The Labute approximate surface area is 194 Å². The van der Waals surface area contributed by atoms with Crippen LogP contribution < -0.4 is 0 Å². The van der Waals surface area contributed by atoms with E-state index in [-0.39, 0.29) is 5.82 Å². The first kappa shape index (κ1) is 21.9. The normalized spacial score (nSPS) is 16.4. The molecule has 2 aromatic carbocycles. The lowest BCUT2D eigenvalue weighted by Crippen LogP contribution is -2.47. The van der Waals surface area contributed by atoms with E-state index in [1.165, 1.54) is 22.0 Å². The minimum absolute atomic E-state index is 0.161. The van der Waals surface area contributed by atoms with Crippen molar-refractivity contribution in [3.8, 4) is 5.69 Å². The van der Waals surface area contributed by atoms with Crippen LogP contribution in [0.2, 0.25) is 0 Å². The van der Waals surface area contributed by atoms with Crippen LogP contribution in [-0.4, -0.2) is 63.6 Å². The molecule has 5 rings (SSSR count). The number of benzene rings is 2. The monoisotopic (exact) mass is 445 g/mol. The molecule has 1 aliphatic heterocycles. The van der Waals surface area contributed by atoms with Crippen LogP contribution in [0.5, 0.6) is 0 Å².